The quantitative estimate of drug-likeness (QED) is 0.445. The van der Waals surface area contributed by atoms with Crippen LogP contribution >= 0.6 is 0 Å². The van der Waals surface area contributed by atoms with Gasteiger partial charge < -0.3 is 5.32 Å². The predicted molar refractivity (Wildman–Crippen MR) is 121 cm³/mol. The zero-order valence-electron chi connectivity index (χ0n) is 17.9. The Hall–Kier alpha value is -3.30. The van der Waals surface area contributed by atoms with E-state index in [4.69, 9.17) is 0 Å². The summed E-state index contributed by atoms with van der Waals surface area (Å²) in [6.45, 7) is 7.40. The van der Waals surface area contributed by atoms with Crippen LogP contribution in [-0.4, -0.2) is 43.6 Å². The molecular weight excluding hydrogens is 430 g/mol. The average molecular weight is 456 g/mol. The predicted octanol–water partition coefficient (Wildman–Crippen LogP) is 2.23. The normalized spacial score (nSPS) is 13.4. The van der Waals surface area contributed by atoms with Crippen LogP contribution in [0.2, 0.25) is 0 Å². The maximum Gasteiger partial charge on any atom is 0.261 e. The molecule has 168 valence electrons. The smallest absolute Gasteiger partial charge is 0.261 e. The molecule has 0 saturated heterocycles. The lowest BCUT2D eigenvalue weighted by Crippen LogP contribution is -2.31. The summed E-state index contributed by atoms with van der Waals surface area (Å²) in [5.74, 6) is -1.36. The maximum absolute atomic E-state index is 12.5. The number of amides is 3. The molecule has 0 spiro atoms. The second-order valence-corrected chi connectivity index (χ2v) is 9.55. The SMILES string of the molecule is C=CCN1C(=O)c2ccc(C(=O)NCc3ccc(CS(=O)(=O)NC(C)C)cc3)cc2C1=O. The molecule has 0 radical (unpaired) electrons. The van der Waals surface area contributed by atoms with E-state index in [1.165, 1.54) is 24.3 Å². The fourth-order valence-electron chi connectivity index (χ4n) is 3.38. The molecule has 0 bridgehead atoms. The van der Waals surface area contributed by atoms with Gasteiger partial charge in [-0.15, -0.1) is 6.58 Å². The molecule has 3 amide bonds. The van der Waals surface area contributed by atoms with Gasteiger partial charge in [0.15, 0.2) is 0 Å². The molecule has 0 aromatic heterocycles. The van der Waals surface area contributed by atoms with E-state index in [2.05, 4.69) is 16.6 Å². The Labute approximate surface area is 187 Å². The van der Waals surface area contributed by atoms with Gasteiger partial charge in [-0.3, -0.25) is 19.3 Å². The topological polar surface area (TPSA) is 113 Å². The molecule has 9 heteroatoms. The summed E-state index contributed by atoms with van der Waals surface area (Å²) < 4.78 is 26.6. The highest BCUT2D eigenvalue weighted by atomic mass is 32.2. The van der Waals surface area contributed by atoms with Crippen molar-refractivity contribution in [1.82, 2.24) is 14.9 Å². The van der Waals surface area contributed by atoms with E-state index in [0.29, 0.717) is 5.56 Å². The van der Waals surface area contributed by atoms with Crippen LogP contribution in [0, 0.1) is 0 Å². The second kappa shape index (κ2) is 9.46. The molecular formula is C23H25N3O5S. The van der Waals surface area contributed by atoms with Gasteiger partial charge in [0, 0.05) is 24.7 Å². The van der Waals surface area contributed by atoms with Gasteiger partial charge in [0.1, 0.15) is 0 Å². The summed E-state index contributed by atoms with van der Waals surface area (Å²) in [6, 6.07) is 11.1. The summed E-state index contributed by atoms with van der Waals surface area (Å²) in [7, 11) is -3.41. The Balaban J connectivity index is 1.63. The summed E-state index contributed by atoms with van der Waals surface area (Å²) in [5, 5.41) is 2.77. The largest absolute Gasteiger partial charge is 0.348 e. The van der Waals surface area contributed by atoms with Crippen LogP contribution in [0.5, 0.6) is 0 Å². The third-order valence-electron chi connectivity index (χ3n) is 4.79. The Bertz CT molecular complexity index is 1170. The lowest BCUT2D eigenvalue weighted by Gasteiger charge is -2.10. The Morgan fingerprint density at radius 1 is 1.03 bits per heavy atom. The Kier molecular flexibility index (Phi) is 6.90. The summed E-state index contributed by atoms with van der Waals surface area (Å²) in [6.07, 6.45) is 1.47. The zero-order valence-corrected chi connectivity index (χ0v) is 18.7. The summed E-state index contributed by atoms with van der Waals surface area (Å²) >= 11 is 0. The highest BCUT2D eigenvalue weighted by Crippen LogP contribution is 2.24. The van der Waals surface area contributed by atoms with E-state index in [9.17, 15) is 22.8 Å². The second-order valence-electron chi connectivity index (χ2n) is 7.80. The molecule has 0 fully saturated rings. The highest BCUT2D eigenvalue weighted by molar-refractivity contribution is 7.88. The Morgan fingerprint density at radius 2 is 1.66 bits per heavy atom. The van der Waals surface area contributed by atoms with Crippen molar-refractivity contribution < 1.29 is 22.8 Å². The van der Waals surface area contributed by atoms with E-state index in [1.807, 2.05) is 0 Å². The number of benzene rings is 2. The van der Waals surface area contributed by atoms with Gasteiger partial charge >= 0.3 is 0 Å². The van der Waals surface area contributed by atoms with Gasteiger partial charge in [0.25, 0.3) is 17.7 Å². The van der Waals surface area contributed by atoms with Gasteiger partial charge in [0.05, 0.1) is 16.9 Å². The molecule has 3 rings (SSSR count). The average Bonchev–Trinajstić information content (AvgIpc) is 2.96. The molecule has 0 atom stereocenters. The number of fused-ring (bicyclic) bond motifs is 1. The van der Waals surface area contributed by atoms with Crippen LogP contribution in [0.1, 0.15) is 56.0 Å². The fraction of sp³-hybridized carbons (Fsp3) is 0.261. The number of hydrogen-bond acceptors (Lipinski definition) is 5. The molecule has 2 N–H and O–H groups in total. The molecule has 0 unspecified atom stereocenters. The first kappa shape index (κ1) is 23.4. The molecule has 0 aliphatic carbocycles. The molecule has 2 aromatic rings. The fourth-order valence-corrected chi connectivity index (χ4v) is 4.82. The first-order valence-corrected chi connectivity index (χ1v) is 11.7. The van der Waals surface area contributed by atoms with Crippen molar-refractivity contribution in [3.05, 3.63) is 82.9 Å². The lowest BCUT2D eigenvalue weighted by molar-refractivity contribution is 0.0671. The molecule has 1 heterocycles. The number of carbonyl (C=O) groups is 3. The van der Waals surface area contributed by atoms with Crippen molar-refractivity contribution >= 4 is 27.7 Å². The van der Waals surface area contributed by atoms with Gasteiger partial charge in [0.2, 0.25) is 10.0 Å². The molecule has 1 aliphatic heterocycles. The van der Waals surface area contributed by atoms with Crippen molar-refractivity contribution in [3.8, 4) is 0 Å². The monoisotopic (exact) mass is 455 g/mol. The molecule has 1 aliphatic rings. The van der Waals surface area contributed by atoms with E-state index in [0.717, 1.165) is 10.5 Å². The number of nitrogens with zero attached hydrogens (tertiary/aromatic N) is 1. The van der Waals surface area contributed by atoms with Crippen LogP contribution in [-0.2, 0) is 22.3 Å². The number of hydrogen-bond donors (Lipinski definition) is 2. The number of sulfonamides is 1. The molecule has 8 nitrogen and oxygen atoms in total. The minimum absolute atomic E-state index is 0.110. The van der Waals surface area contributed by atoms with Crippen molar-refractivity contribution in [1.29, 1.82) is 0 Å². The number of rotatable bonds is 9. The maximum atomic E-state index is 12.5. The van der Waals surface area contributed by atoms with E-state index < -0.39 is 21.8 Å². The van der Waals surface area contributed by atoms with Gasteiger partial charge in [-0.25, -0.2) is 13.1 Å². The van der Waals surface area contributed by atoms with Crippen LogP contribution in [0.25, 0.3) is 0 Å². The van der Waals surface area contributed by atoms with E-state index >= 15 is 0 Å². The summed E-state index contributed by atoms with van der Waals surface area (Å²) in [5.41, 5.74) is 2.17. The first-order chi connectivity index (χ1) is 15.1. The van der Waals surface area contributed by atoms with Crippen LogP contribution in [0.4, 0.5) is 0 Å². The van der Waals surface area contributed by atoms with Gasteiger partial charge in [-0.05, 0) is 43.2 Å². The number of nitrogens with one attached hydrogen (secondary N) is 2. The molecule has 32 heavy (non-hydrogen) atoms. The standard InChI is InChI=1S/C23H25N3O5S/c1-4-11-26-22(28)19-10-9-18(12-20(19)23(26)29)21(27)24-13-16-5-7-17(8-6-16)14-32(30,31)25-15(2)3/h4-10,12,15,25H,1,11,13-14H2,2-3H3,(H,24,27). The third kappa shape index (κ3) is 5.30. The van der Waals surface area contributed by atoms with Crippen LogP contribution in [0.15, 0.2) is 55.1 Å². The van der Waals surface area contributed by atoms with Gasteiger partial charge in [-0.2, -0.15) is 0 Å². The highest BCUT2D eigenvalue weighted by Gasteiger charge is 2.35. The van der Waals surface area contributed by atoms with Crippen LogP contribution in [0.3, 0.4) is 0 Å². The lowest BCUT2D eigenvalue weighted by atomic mass is 10.1. The van der Waals surface area contributed by atoms with Crippen molar-refractivity contribution in [2.24, 2.45) is 0 Å². The first-order valence-electron chi connectivity index (χ1n) is 10.1. The Morgan fingerprint density at radius 3 is 2.28 bits per heavy atom. The van der Waals surface area contributed by atoms with E-state index in [-0.39, 0.29) is 47.5 Å². The van der Waals surface area contributed by atoms with E-state index in [1.54, 1.807) is 38.1 Å². The summed E-state index contributed by atoms with van der Waals surface area (Å²) in [4.78, 5) is 38.3. The minimum Gasteiger partial charge on any atom is -0.348 e. The molecule has 0 saturated carbocycles. The third-order valence-corrected chi connectivity index (χ3v) is 6.34. The van der Waals surface area contributed by atoms with Crippen molar-refractivity contribution in [3.63, 3.8) is 0 Å². The number of imide groups is 1. The number of carbonyl (C=O) groups excluding carboxylic acids is 3. The van der Waals surface area contributed by atoms with Gasteiger partial charge in [-0.1, -0.05) is 30.3 Å². The molecule has 2 aromatic carbocycles. The van der Waals surface area contributed by atoms with Crippen molar-refractivity contribution in [2.75, 3.05) is 6.54 Å². The van der Waals surface area contributed by atoms with Crippen LogP contribution < -0.4 is 10.0 Å². The van der Waals surface area contributed by atoms with Crippen molar-refractivity contribution in [2.45, 2.75) is 32.2 Å². The minimum atomic E-state index is -3.41. The zero-order chi connectivity index (χ0) is 23.5.